The van der Waals surface area contributed by atoms with Crippen LogP contribution in [0.15, 0.2) is 30.4 Å². The molecular weight excluding hydrogens is 500 g/mol. The molecule has 5 rings (SSSR count). The van der Waals surface area contributed by atoms with E-state index in [4.69, 9.17) is 4.74 Å². The lowest BCUT2D eigenvalue weighted by Crippen LogP contribution is -2.55. The van der Waals surface area contributed by atoms with Crippen molar-refractivity contribution in [2.75, 3.05) is 5.32 Å². The Labute approximate surface area is 210 Å². The maximum absolute atomic E-state index is 13.6. The van der Waals surface area contributed by atoms with Gasteiger partial charge >= 0.3 is 18.3 Å². The Kier molecular flexibility index (Phi) is 5.99. The molecule has 1 amide bonds. The standard InChI is InChI=1S/C27H29F6NO3/c1-24-11-9-17-15(4-8-21-25(17,2)12-10-22(35)37-21)16(24)6-7-19(24)23(36)34-20-13-14(26(28,29)30)3-5-18(20)27(31,32)33/h3,5,10,12-13,15-17,19,21H,4,6-9,11H2,1-2H3,(H,34,36)/t15-,16-,17+,19?,21?,24-,25+/m0/s1. The van der Waals surface area contributed by atoms with E-state index in [2.05, 4.69) is 12.2 Å². The van der Waals surface area contributed by atoms with Crippen molar-refractivity contribution in [3.8, 4) is 0 Å². The highest BCUT2D eigenvalue weighted by Crippen LogP contribution is 2.65. The number of hydrogen-bond acceptors (Lipinski definition) is 3. The third-order valence-electron chi connectivity index (χ3n) is 9.76. The van der Waals surface area contributed by atoms with Crippen LogP contribution in [0.25, 0.3) is 0 Å². The number of hydrogen-bond donors (Lipinski definition) is 1. The number of fused-ring (bicyclic) bond motifs is 5. The van der Waals surface area contributed by atoms with E-state index in [9.17, 15) is 35.9 Å². The highest BCUT2D eigenvalue weighted by atomic mass is 19.4. The summed E-state index contributed by atoms with van der Waals surface area (Å²) in [6, 6.07) is 1.11. The molecule has 202 valence electrons. The Morgan fingerprint density at radius 2 is 1.70 bits per heavy atom. The zero-order valence-electron chi connectivity index (χ0n) is 20.5. The molecule has 0 bridgehead atoms. The number of esters is 1. The molecule has 1 aromatic rings. The SMILES string of the molecule is C[C@]12C=CC(=O)OC1CC[C@@H]1[C@H]2CC[C@]2(C)C(C(=O)Nc3cc(C(F)(F)F)ccc3C(F)(F)F)CC[C@@H]12. The molecule has 37 heavy (non-hydrogen) atoms. The zero-order valence-corrected chi connectivity index (χ0v) is 20.5. The minimum atomic E-state index is -4.92. The van der Waals surface area contributed by atoms with Crippen LogP contribution in [0.2, 0.25) is 0 Å². The van der Waals surface area contributed by atoms with E-state index in [1.807, 2.05) is 13.0 Å². The third-order valence-corrected chi connectivity index (χ3v) is 9.76. The number of halogens is 6. The lowest BCUT2D eigenvalue weighted by Gasteiger charge is -2.58. The first-order valence-electron chi connectivity index (χ1n) is 12.6. The van der Waals surface area contributed by atoms with Crippen molar-refractivity contribution in [2.45, 2.75) is 70.8 Å². The molecular formula is C27H29F6NO3. The van der Waals surface area contributed by atoms with Gasteiger partial charge in [0.1, 0.15) is 6.10 Å². The van der Waals surface area contributed by atoms with Crippen LogP contribution in [0.3, 0.4) is 0 Å². The molecule has 10 heteroatoms. The molecule has 0 saturated heterocycles. The summed E-state index contributed by atoms with van der Waals surface area (Å²) in [6.07, 6.45) is -2.39. The third kappa shape index (κ3) is 4.24. The molecule has 3 saturated carbocycles. The highest BCUT2D eigenvalue weighted by molar-refractivity contribution is 5.94. The van der Waals surface area contributed by atoms with Crippen LogP contribution in [0.5, 0.6) is 0 Å². The van der Waals surface area contributed by atoms with E-state index in [0.29, 0.717) is 43.9 Å². The van der Waals surface area contributed by atoms with E-state index in [-0.39, 0.29) is 35.2 Å². The predicted octanol–water partition coefficient (Wildman–Crippen LogP) is 7.00. The predicted molar refractivity (Wildman–Crippen MR) is 122 cm³/mol. The number of nitrogens with one attached hydrogen (secondary N) is 1. The fourth-order valence-corrected chi connectivity index (χ4v) is 7.92. The molecule has 1 aromatic carbocycles. The summed E-state index contributed by atoms with van der Waals surface area (Å²) < 4.78 is 86.0. The molecule has 4 aliphatic rings. The van der Waals surface area contributed by atoms with Gasteiger partial charge in [-0.25, -0.2) is 4.79 Å². The number of anilines is 1. The molecule has 0 spiro atoms. The van der Waals surface area contributed by atoms with Crippen LogP contribution in [0.1, 0.15) is 63.5 Å². The smallest absolute Gasteiger partial charge is 0.418 e. The second kappa shape index (κ2) is 8.50. The summed E-state index contributed by atoms with van der Waals surface area (Å²) in [5, 5.41) is 2.23. The largest absolute Gasteiger partial charge is 0.458 e. The van der Waals surface area contributed by atoms with E-state index >= 15 is 0 Å². The van der Waals surface area contributed by atoms with Crippen LogP contribution in [0, 0.1) is 34.5 Å². The summed E-state index contributed by atoms with van der Waals surface area (Å²) in [4.78, 5) is 25.2. The van der Waals surface area contributed by atoms with Gasteiger partial charge in [0.2, 0.25) is 5.91 Å². The maximum Gasteiger partial charge on any atom is 0.418 e. The van der Waals surface area contributed by atoms with E-state index in [0.717, 1.165) is 12.8 Å². The maximum atomic E-state index is 13.6. The Morgan fingerprint density at radius 1 is 0.973 bits per heavy atom. The van der Waals surface area contributed by atoms with Crippen molar-refractivity contribution >= 4 is 17.6 Å². The summed E-state index contributed by atoms with van der Waals surface area (Å²) in [7, 11) is 0. The first kappa shape index (κ1) is 26.1. The number of amides is 1. The van der Waals surface area contributed by atoms with Gasteiger partial charge in [0.05, 0.1) is 16.8 Å². The van der Waals surface area contributed by atoms with Gasteiger partial charge in [-0.1, -0.05) is 19.9 Å². The second-order valence-electron chi connectivity index (χ2n) is 11.5. The van der Waals surface area contributed by atoms with Gasteiger partial charge in [-0.3, -0.25) is 4.79 Å². The minimum absolute atomic E-state index is 0.148. The van der Waals surface area contributed by atoms with E-state index in [1.54, 1.807) is 0 Å². The number of benzene rings is 1. The molecule has 1 N–H and O–H groups in total. The Balaban J connectivity index is 1.40. The molecule has 4 nitrogen and oxygen atoms in total. The number of carbonyl (C=O) groups is 2. The summed E-state index contributed by atoms with van der Waals surface area (Å²) in [5.41, 5.74) is -4.21. The Morgan fingerprint density at radius 3 is 2.38 bits per heavy atom. The van der Waals surface area contributed by atoms with Gasteiger partial charge in [0, 0.05) is 17.4 Å². The molecule has 3 fully saturated rings. The van der Waals surface area contributed by atoms with Crippen LogP contribution in [-0.2, 0) is 26.7 Å². The molecule has 3 aliphatic carbocycles. The number of rotatable bonds is 2. The number of ether oxygens (including phenoxy) is 1. The van der Waals surface area contributed by atoms with Gasteiger partial charge in [0.15, 0.2) is 0 Å². The van der Waals surface area contributed by atoms with Crippen molar-refractivity contribution in [3.63, 3.8) is 0 Å². The molecule has 0 aromatic heterocycles. The molecule has 0 radical (unpaired) electrons. The number of carbonyl (C=O) groups excluding carboxylic acids is 2. The first-order valence-corrected chi connectivity index (χ1v) is 12.6. The first-order chi connectivity index (χ1) is 17.1. The van der Waals surface area contributed by atoms with Crippen molar-refractivity contribution in [1.82, 2.24) is 0 Å². The second-order valence-corrected chi connectivity index (χ2v) is 11.5. The summed E-state index contributed by atoms with van der Waals surface area (Å²) >= 11 is 0. The monoisotopic (exact) mass is 529 g/mol. The van der Waals surface area contributed by atoms with Crippen molar-refractivity contribution in [3.05, 3.63) is 41.5 Å². The Hall–Kier alpha value is -2.52. The lowest BCUT2D eigenvalue weighted by molar-refractivity contribution is -0.167. The van der Waals surface area contributed by atoms with Gasteiger partial charge in [-0.05, 0) is 79.9 Å². The van der Waals surface area contributed by atoms with Crippen molar-refractivity contribution < 1.29 is 40.7 Å². The van der Waals surface area contributed by atoms with Crippen LogP contribution in [0.4, 0.5) is 32.0 Å². The van der Waals surface area contributed by atoms with Gasteiger partial charge in [-0.15, -0.1) is 0 Å². The van der Waals surface area contributed by atoms with E-state index < -0.39 is 46.4 Å². The molecule has 2 unspecified atom stereocenters. The van der Waals surface area contributed by atoms with Gasteiger partial charge in [0.25, 0.3) is 0 Å². The van der Waals surface area contributed by atoms with Gasteiger partial charge < -0.3 is 10.1 Å². The fraction of sp³-hybridized carbons (Fsp3) is 0.630. The molecule has 1 heterocycles. The lowest BCUT2D eigenvalue weighted by atomic mass is 9.48. The fourth-order valence-electron chi connectivity index (χ4n) is 7.92. The van der Waals surface area contributed by atoms with E-state index in [1.165, 1.54) is 6.08 Å². The van der Waals surface area contributed by atoms with Crippen LogP contribution >= 0.6 is 0 Å². The summed E-state index contributed by atoms with van der Waals surface area (Å²) in [6.45, 7) is 4.10. The number of alkyl halides is 6. The average molecular weight is 530 g/mol. The molecule has 7 atom stereocenters. The van der Waals surface area contributed by atoms with Crippen LogP contribution < -0.4 is 5.32 Å². The normalized spacial score (nSPS) is 37.3. The minimum Gasteiger partial charge on any atom is -0.458 e. The van der Waals surface area contributed by atoms with Gasteiger partial charge in [-0.2, -0.15) is 26.3 Å². The van der Waals surface area contributed by atoms with Crippen molar-refractivity contribution in [2.24, 2.45) is 34.5 Å². The zero-order chi connectivity index (χ0) is 27.0. The van der Waals surface area contributed by atoms with Crippen LogP contribution in [-0.4, -0.2) is 18.0 Å². The molecule has 1 aliphatic heterocycles. The Bertz CT molecular complexity index is 1140. The summed E-state index contributed by atoms with van der Waals surface area (Å²) in [5.74, 6) is -0.963. The quantitative estimate of drug-likeness (QED) is 0.332. The topological polar surface area (TPSA) is 55.4 Å². The van der Waals surface area contributed by atoms with Crippen molar-refractivity contribution in [1.29, 1.82) is 0 Å². The highest BCUT2D eigenvalue weighted by Gasteiger charge is 2.61. The average Bonchev–Trinajstić information content (AvgIpc) is 3.15.